The van der Waals surface area contributed by atoms with Crippen molar-refractivity contribution in [2.24, 2.45) is 0 Å². The number of phenols is 1. The van der Waals surface area contributed by atoms with Gasteiger partial charge >= 0.3 is 5.97 Å². The monoisotopic (exact) mass is 1180 g/mol. The highest BCUT2D eigenvalue weighted by Gasteiger charge is 2.26. The number of unbranched alkanes of at least 4 members (excludes halogenated alkanes) is 2. The maximum Gasteiger partial charge on any atom is 0.336 e. The van der Waals surface area contributed by atoms with E-state index < -0.39 is 23.9 Å². The van der Waals surface area contributed by atoms with E-state index >= 15 is 0 Å². The molecular weight excluding hydrogens is 1110 g/mol. The molecule has 1 unspecified atom stereocenters. The van der Waals surface area contributed by atoms with Crippen LogP contribution in [-0.2, 0) is 32.0 Å². The van der Waals surface area contributed by atoms with E-state index in [2.05, 4.69) is 22.5 Å². The van der Waals surface area contributed by atoms with Gasteiger partial charge in [-0.15, -0.1) is 5.75 Å². The Morgan fingerprint density at radius 2 is 1.51 bits per heavy atom. The van der Waals surface area contributed by atoms with E-state index in [0.717, 1.165) is 56.4 Å². The number of anilines is 1. The van der Waals surface area contributed by atoms with Crippen LogP contribution < -0.4 is 56.2 Å². The van der Waals surface area contributed by atoms with Crippen molar-refractivity contribution in [2.45, 2.75) is 57.9 Å². The fraction of sp³-hybridized carbons (Fsp3) is 0.250. The first kappa shape index (κ1) is 62.4. The quantitative estimate of drug-likeness (QED) is 0.0200. The van der Waals surface area contributed by atoms with E-state index in [4.69, 9.17) is 26.1 Å². The molecule has 0 saturated heterocycles. The van der Waals surface area contributed by atoms with Gasteiger partial charge in [-0.1, -0.05) is 104 Å². The molecule has 0 aromatic heterocycles. The Kier molecular flexibility index (Phi) is 20.9. The number of amides is 3. The molecule has 6 aromatic rings. The molecule has 1 aliphatic carbocycles. The summed E-state index contributed by atoms with van der Waals surface area (Å²) in [7, 11) is 7.88. The van der Waals surface area contributed by atoms with Crippen LogP contribution in [0.4, 0.5) is 5.69 Å². The van der Waals surface area contributed by atoms with Gasteiger partial charge in [-0.3, -0.25) is 14.4 Å². The van der Waals surface area contributed by atoms with Crippen LogP contribution in [0.15, 0.2) is 144 Å². The lowest BCUT2D eigenvalue weighted by Crippen LogP contribution is -2.48. The molecule has 0 radical (unpaired) electrons. The van der Waals surface area contributed by atoms with Gasteiger partial charge in [0.1, 0.15) is 55.3 Å². The zero-order valence-corrected chi connectivity index (χ0v) is 49.4. The number of benzene rings is 7. The molecule has 5 N–H and O–H groups in total. The minimum absolute atomic E-state index is 0.0987. The number of phenolic OH excluding ortho intramolecular Hbond substituents is 1. The number of hydrogen-bond acceptors (Lipinski definition) is 13. The first-order valence-corrected chi connectivity index (χ1v) is 28.5. The molecular formula is C68H68N5O12S-. The number of carboxylic acid groups (broad SMARTS) is 2. The van der Waals surface area contributed by atoms with Crippen molar-refractivity contribution >= 4 is 75.6 Å². The van der Waals surface area contributed by atoms with E-state index in [1.54, 1.807) is 60.7 Å². The Hall–Kier alpha value is -9.65. The second kappa shape index (κ2) is 28.8. The van der Waals surface area contributed by atoms with Crippen LogP contribution in [0.3, 0.4) is 0 Å². The number of thiocarbonyl (C=S) groups is 1. The molecule has 2 heterocycles. The summed E-state index contributed by atoms with van der Waals surface area (Å²) in [6.45, 7) is 5.86. The van der Waals surface area contributed by atoms with Gasteiger partial charge in [-0.05, 0) is 107 Å². The van der Waals surface area contributed by atoms with Crippen LogP contribution in [-0.4, -0.2) is 105 Å². The minimum Gasteiger partial charge on any atom is -0.872 e. The number of aromatic hydroxyl groups is 1. The Bertz CT molecular complexity index is 4020. The number of hydrogen-bond donors (Lipinski definition) is 5. The third-order valence-corrected chi connectivity index (χ3v) is 14.8. The third-order valence-electron chi connectivity index (χ3n) is 14.5. The highest BCUT2D eigenvalue weighted by atomic mass is 32.1. The van der Waals surface area contributed by atoms with Gasteiger partial charge in [-0.2, -0.15) is 0 Å². The summed E-state index contributed by atoms with van der Waals surface area (Å²) in [4.78, 5) is 64.1. The van der Waals surface area contributed by atoms with Gasteiger partial charge in [0.15, 0.2) is 0 Å². The van der Waals surface area contributed by atoms with Crippen molar-refractivity contribution in [3.05, 3.63) is 189 Å². The lowest BCUT2D eigenvalue weighted by molar-refractivity contribution is -0.268. The first-order valence-electron chi connectivity index (χ1n) is 28.1. The number of rotatable bonds is 23. The zero-order valence-electron chi connectivity index (χ0n) is 48.6. The largest absolute Gasteiger partial charge is 0.872 e. The van der Waals surface area contributed by atoms with Gasteiger partial charge in [0.05, 0.1) is 24.2 Å². The van der Waals surface area contributed by atoms with Gasteiger partial charge in [0.25, 0.3) is 0 Å². The lowest BCUT2D eigenvalue weighted by atomic mass is 9.88. The molecule has 17 nitrogen and oxygen atoms in total. The topological polar surface area (TPSA) is 246 Å². The van der Waals surface area contributed by atoms with Crippen molar-refractivity contribution in [2.75, 3.05) is 59.4 Å². The van der Waals surface area contributed by atoms with Gasteiger partial charge in [0, 0.05) is 96.8 Å². The number of carboxylic acids is 2. The molecule has 9 rings (SSSR count). The van der Waals surface area contributed by atoms with Crippen LogP contribution >= 0.6 is 12.2 Å². The van der Waals surface area contributed by atoms with Crippen LogP contribution in [0.2, 0.25) is 0 Å². The summed E-state index contributed by atoms with van der Waals surface area (Å²) in [5.41, 5.74) is 7.71. The predicted octanol–water partition coefficient (Wildman–Crippen LogP) is 6.45. The fourth-order valence-corrected chi connectivity index (χ4v) is 10.5. The number of fused-ring (bicyclic) bond motifs is 4. The molecule has 0 spiro atoms. The van der Waals surface area contributed by atoms with E-state index in [-0.39, 0.29) is 54.2 Å². The smallest absolute Gasteiger partial charge is 0.336 e. The molecule has 2 aliphatic heterocycles. The zero-order chi connectivity index (χ0) is 61.6. The Morgan fingerprint density at radius 1 is 0.767 bits per heavy atom. The molecule has 3 amide bonds. The predicted molar refractivity (Wildman–Crippen MR) is 332 cm³/mol. The number of nitrogens with one attached hydrogen (secondary N) is 3. The van der Waals surface area contributed by atoms with Crippen LogP contribution in [0.1, 0.15) is 82.0 Å². The van der Waals surface area contributed by atoms with Gasteiger partial charge in [0.2, 0.25) is 23.1 Å². The number of carbonyl (C=O) groups excluding carboxylic acids is 4. The van der Waals surface area contributed by atoms with E-state index in [1.165, 1.54) is 19.1 Å². The minimum atomic E-state index is -1.20. The van der Waals surface area contributed by atoms with Gasteiger partial charge in [-0.25, -0.2) is 9.37 Å². The average Bonchev–Trinajstić information content (AvgIpc) is 0.852. The molecule has 3 aliphatic rings. The van der Waals surface area contributed by atoms with Crippen molar-refractivity contribution < 1.29 is 58.3 Å². The summed E-state index contributed by atoms with van der Waals surface area (Å²) in [5, 5.41) is 55.4. The normalized spacial score (nSPS) is 11.7. The van der Waals surface area contributed by atoms with Crippen molar-refractivity contribution in [1.82, 2.24) is 20.5 Å². The number of aromatic carboxylic acids is 2. The summed E-state index contributed by atoms with van der Waals surface area (Å²) in [6.07, 6.45) is 4.05. The maximum absolute atomic E-state index is 13.2. The fourth-order valence-electron chi connectivity index (χ4n) is 10.1. The van der Waals surface area contributed by atoms with Crippen LogP contribution in [0, 0.1) is 0 Å². The number of nitrogens with zero attached hydrogens (tertiary/aromatic N) is 2. The molecule has 0 fully saturated rings. The Labute approximate surface area is 503 Å². The Balaban J connectivity index is 0.000000275. The first-order chi connectivity index (χ1) is 41.2. The molecule has 0 saturated carbocycles. The highest BCUT2D eigenvalue weighted by molar-refractivity contribution is 7.80. The molecule has 86 heavy (non-hydrogen) atoms. The lowest BCUT2D eigenvalue weighted by Gasteiger charge is -2.23. The van der Waals surface area contributed by atoms with Crippen molar-refractivity contribution in [3.63, 3.8) is 0 Å². The standard InChI is InChI=1S/C44H47N3O9S.C24H22N2O3/c1-27-8-15-35-39(22-27)56-40-25-32(50)14-17-36(40)42(35)34-16-11-30(24-37(34)44(53)54)23-33(57)6-4-3-5-7-38(47-41(51)26-55-21-20-45-28(2)48)43(52)46-19-18-29-9-12-31(49)13-10-29;1-25(2)15-9-11-19-21(13-15)29-22-14-16(26(3)4)10-12-20(22)23(19)17-7-5-6-8-18(17)24(27)28/h8-17,22,24-25,38,49-50H,1,3-7,18-21,23,26H2,2H3,(H,45,48)(H,46,52)(H,47,51)(H,53,54);5-14H,1-4H3/p-1. The van der Waals surface area contributed by atoms with Crippen molar-refractivity contribution in [1.29, 1.82) is 0 Å². The number of ether oxygens (including phenoxy) is 2. The second-order valence-electron chi connectivity index (χ2n) is 21.3. The van der Waals surface area contributed by atoms with Crippen LogP contribution in [0.25, 0.3) is 45.6 Å². The highest BCUT2D eigenvalue weighted by Crippen LogP contribution is 2.42. The van der Waals surface area contributed by atoms with E-state index in [9.17, 15) is 44.4 Å². The van der Waals surface area contributed by atoms with Crippen molar-refractivity contribution in [3.8, 4) is 45.4 Å². The summed E-state index contributed by atoms with van der Waals surface area (Å²) in [5.74, 6) is -1.80. The molecule has 1 atom stereocenters. The number of carbonyl (C=O) groups is 5. The maximum atomic E-state index is 13.2. The molecule has 0 bridgehead atoms. The average molecular weight is 1180 g/mol. The van der Waals surface area contributed by atoms with E-state index in [1.807, 2.05) is 104 Å². The molecule has 444 valence electrons. The summed E-state index contributed by atoms with van der Waals surface area (Å²) < 4.78 is 19.7. The summed E-state index contributed by atoms with van der Waals surface area (Å²) in [6, 6.07) is 40.0. The van der Waals surface area contributed by atoms with Crippen LogP contribution in [0.5, 0.6) is 23.0 Å². The Morgan fingerprint density at radius 3 is 2.24 bits per heavy atom. The third kappa shape index (κ3) is 16.0. The molecule has 6 aromatic carbocycles. The van der Waals surface area contributed by atoms with Gasteiger partial charge < -0.3 is 60.0 Å². The van der Waals surface area contributed by atoms with E-state index in [0.29, 0.717) is 94.2 Å². The SMILES string of the molecule is C=c1ccc2c(c1)Oc1cc([O-])ccc1C=2c1ccc(CC(=S)CCCCCC(NC(=O)COCCNC(C)=O)C(=O)NCCc2ccc(O)cc2)cc1C(=O)O.CN(C)c1ccc2c(-c3ccccc3C(=O)[O-])c3ccc(=[N+](C)C)cc-3oc2c1. The second-order valence-corrected chi connectivity index (χ2v) is 21.9. The molecule has 18 heteroatoms. The summed E-state index contributed by atoms with van der Waals surface area (Å²) >= 11 is 5.72.